The first-order valence-electron chi connectivity index (χ1n) is 4.03. The smallest absolute Gasteiger partial charge is 0.0735 e. The van der Waals surface area contributed by atoms with Crippen LogP contribution in [0.5, 0.6) is 0 Å². The molecule has 2 rings (SSSR count). The topological polar surface area (TPSA) is 25.8 Å². The largest absolute Gasteiger partial charge is 0.263 e. The van der Waals surface area contributed by atoms with Crippen molar-refractivity contribution in [1.82, 2.24) is 9.36 Å². The van der Waals surface area contributed by atoms with Crippen LogP contribution in [0.25, 0.3) is 10.1 Å². The molecule has 0 spiro atoms. The second kappa shape index (κ2) is 4.16. The lowest BCUT2D eigenvalue weighted by atomic mass is 10.2. The molecule has 0 saturated carbocycles. The van der Waals surface area contributed by atoms with E-state index in [1.54, 1.807) is 0 Å². The van der Waals surface area contributed by atoms with Crippen molar-refractivity contribution in [2.24, 2.45) is 0 Å². The van der Waals surface area contributed by atoms with Gasteiger partial charge in [0.15, 0.2) is 0 Å². The van der Waals surface area contributed by atoms with Gasteiger partial charge in [0.25, 0.3) is 0 Å². The summed E-state index contributed by atoms with van der Waals surface area (Å²) in [6, 6.07) is 0. The summed E-state index contributed by atoms with van der Waals surface area (Å²) in [7, 11) is 0. The minimum atomic E-state index is 1.17. The van der Waals surface area contributed by atoms with Gasteiger partial charge in [-0.2, -0.15) is 4.37 Å². The van der Waals surface area contributed by atoms with E-state index in [0.717, 1.165) is 0 Å². The number of nitrogens with zero attached hydrogens (tertiary/aromatic N) is 2. The van der Waals surface area contributed by atoms with Crippen LogP contribution < -0.4 is 0 Å². The van der Waals surface area contributed by atoms with Crippen LogP contribution in [0.15, 0.2) is 18.6 Å². The molecule has 0 atom stereocenters. The van der Waals surface area contributed by atoms with Crippen LogP contribution in [0, 0.1) is 6.92 Å². The highest BCUT2D eigenvalue weighted by Crippen LogP contribution is 2.18. The average molecular weight is 180 g/mol. The molecule has 0 aliphatic heterocycles. The molecule has 0 bridgehead atoms. The van der Waals surface area contributed by atoms with Crippen LogP contribution >= 0.6 is 11.5 Å². The first kappa shape index (κ1) is 9.13. The fourth-order valence-corrected chi connectivity index (χ4v) is 1.62. The second-order valence-corrected chi connectivity index (χ2v) is 3.03. The number of pyridine rings is 1. The molecule has 0 aliphatic rings. The molecule has 64 valence electrons. The Bertz CT molecular complexity index is 354. The average Bonchev–Trinajstić information content (AvgIpc) is 2.57. The lowest BCUT2D eigenvalue weighted by molar-refractivity contribution is 1.32. The maximum absolute atomic E-state index is 4.06. The van der Waals surface area contributed by atoms with Crippen molar-refractivity contribution in [1.29, 1.82) is 0 Å². The van der Waals surface area contributed by atoms with Crippen LogP contribution in [-0.2, 0) is 0 Å². The molecule has 0 unspecified atom stereocenters. The Morgan fingerprint density at radius 1 is 1.17 bits per heavy atom. The summed E-state index contributed by atoms with van der Waals surface area (Å²) in [5.41, 5.74) is 1.20. The molecule has 12 heavy (non-hydrogen) atoms. The van der Waals surface area contributed by atoms with Crippen LogP contribution in [-0.4, -0.2) is 9.36 Å². The fraction of sp³-hybridized carbons (Fsp3) is 0.333. The third-order valence-corrected chi connectivity index (χ3v) is 2.22. The van der Waals surface area contributed by atoms with E-state index in [0.29, 0.717) is 0 Å². The monoisotopic (exact) mass is 180 g/mol. The van der Waals surface area contributed by atoms with Crippen molar-refractivity contribution >= 4 is 21.6 Å². The first-order chi connectivity index (χ1) is 5.88. The van der Waals surface area contributed by atoms with E-state index in [4.69, 9.17) is 0 Å². The quantitative estimate of drug-likeness (QED) is 0.622. The molecule has 0 N–H and O–H groups in total. The van der Waals surface area contributed by atoms with Gasteiger partial charge in [0.05, 0.1) is 4.70 Å². The third-order valence-electron chi connectivity index (χ3n) is 1.48. The number of hydrogen-bond acceptors (Lipinski definition) is 3. The van der Waals surface area contributed by atoms with E-state index < -0.39 is 0 Å². The Balaban J connectivity index is 0.000000336. The van der Waals surface area contributed by atoms with Crippen LogP contribution in [0.1, 0.15) is 19.4 Å². The molecule has 0 saturated heterocycles. The molecule has 0 fully saturated rings. The maximum Gasteiger partial charge on any atom is 0.0735 e. The Hall–Kier alpha value is -0.960. The molecule has 3 heteroatoms. The molecule has 2 aromatic heterocycles. The van der Waals surface area contributed by atoms with E-state index >= 15 is 0 Å². The normalized spacial score (nSPS) is 9.25. The highest BCUT2D eigenvalue weighted by Gasteiger charge is 1.96. The van der Waals surface area contributed by atoms with Crippen molar-refractivity contribution < 1.29 is 0 Å². The van der Waals surface area contributed by atoms with E-state index in [2.05, 4.69) is 9.36 Å². The second-order valence-electron chi connectivity index (χ2n) is 2.19. The number of rotatable bonds is 0. The lowest BCUT2D eigenvalue weighted by Gasteiger charge is -1.89. The summed E-state index contributed by atoms with van der Waals surface area (Å²) in [6.45, 7) is 6.05. The predicted molar refractivity (Wildman–Crippen MR) is 53.5 cm³/mol. The van der Waals surface area contributed by atoms with Crippen LogP contribution in [0.2, 0.25) is 0 Å². The number of aryl methyl sites for hydroxylation is 1. The summed E-state index contributed by atoms with van der Waals surface area (Å²) < 4.78 is 5.23. The minimum Gasteiger partial charge on any atom is -0.263 e. The molecule has 0 aromatic carbocycles. The Morgan fingerprint density at radius 2 is 1.92 bits per heavy atom. The Kier molecular flexibility index (Phi) is 3.17. The standard InChI is InChI=1S/C7H6N2S.C2H6/c1-5-2-8-4-7-6(5)3-9-10-7;1-2/h2-4H,1H3;1-2H3. The van der Waals surface area contributed by atoms with Crippen LogP contribution in [0.4, 0.5) is 0 Å². The predicted octanol–water partition coefficient (Wildman–Crippen LogP) is 3.03. The van der Waals surface area contributed by atoms with Gasteiger partial charge >= 0.3 is 0 Å². The highest BCUT2D eigenvalue weighted by molar-refractivity contribution is 7.13. The molecule has 0 amide bonds. The molecule has 2 nitrogen and oxygen atoms in total. The summed E-state index contributed by atoms with van der Waals surface area (Å²) in [5.74, 6) is 0. The maximum atomic E-state index is 4.06. The molecular weight excluding hydrogens is 168 g/mol. The van der Waals surface area contributed by atoms with Crippen molar-refractivity contribution in [3.63, 3.8) is 0 Å². The van der Waals surface area contributed by atoms with E-state index in [-0.39, 0.29) is 0 Å². The van der Waals surface area contributed by atoms with Gasteiger partial charge in [0.1, 0.15) is 0 Å². The third kappa shape index (κ3) is 1.61. The minimum absolute atomic E-state index is 1.17. The molecule has 2 aromatic rings. The van der Waals surface area contributed by atoms with Gasteiger partial charge < -0.3 is 0 Å². The Labute approximate surface area is 76.4 Å². The SMILES string of the molecule is CC.Cc1cncc2sncc12. The molecule has 2 heterocycles. The fourth-order valence-electron chi connectivity index (χ4n) is 0.924. The van der Waals surface area contributed by atoms with Gasteiger partial charge in [-0.25, -0.2) is 0 Å². The summed E-state index contributed by atoms with van der Waals surface area (Å²) in [6.07, 6.45) is 5.59. The zero-order chi connectivity index (χ0) is 8.97. The number of aromatic nitrogens is 2. The van der Waals surface area contributed by atoms with E-state index in [1.807, 2.05) is 39.4 Å². The first-order valence-corrected chi connectivity index (χ1v) is 4.80. The van der Waals surface area contributed by atoms with Crippen molar-refractivity contribution in [3.8, 4) is 0 Å². The summed E-state index contributed by atoms with van der Waals surface area (Å²) in [4.78, 5) is 4.06. The molecule has 0 aliphatic carbocycles. The van der Waals surface area contributed by atoms with Gasteiger partial charge in [-0.3, -0.25) is 4.98 Å². The summed E-state index contributed by atoms with van der Waals surface area (Å²) in [5, 5.41) is 1.22. The Morgan fingerprint density at radius 3 is 2.58 bits per heavy atom. The van der Waals surface area contributed by atoms with Crippen molar-refractivity contribution in [2.45, 2.75) is 20.8 Å². The summed E-state index contributed by atoms with van der Waals surface area (Å²) >= 11 is 1.49. The number of fused-ring (bicyclic) bond motifs is 1. The zero-order valence-corrected chi connectivity index (χ0v) is 8.35. The van der Waals surface area contributed by atoms with Gasteiger partial charge in [0.2, 0.25) is 0 Å². The lowest BCUT2D eigenvalue weighted by Crippen LogP contribution is -1.74. The van der Waals surface area contributed by atoms with Gasteiger partial charge in [-0.05, 0) is 24.0 Å². The van der Waals surface area contributed by atoms with E-state index in [9.17, 15) is 0 Å². The molecule has 0 radical (unpaired) electrons. The van der Waals surface area contributed by atoms with Gasteiger partial charge in [-0.1, -0.05) is 13.8 Å². The zero-order valence-electron chi connectivity index (χ0n) is 7.53. The number of hydrogen-bond donors (Lipinski definition) is 0. The van der Waals surface area contributed by atoms with Crippen LogP contribution in [0.3, 0.4) is 0 Å². The van der Waals surface area contributed by atoms with Gasteiger partial charge in [-0.15, -0.1) is 0 Å². The van der Waals surface area contributed by atoms with E-state index in [1.165, 1.54) is 27.2 Å². The van der Waals surface area contributed by atoms with Gasteiger partial charge in [0, 0.05) is 24.0 Å². The highest BCUT2D eigenvalue weighted by atomic mass is 32.1. The molecular formula is C9H12N2S. The van der Waals surface area contributed by atoms with Crippen molar-refractivity contribution in [3.05, 3.63) is 24.2 Å². The van der Waals surface area contributed by atoms with Crippen molar-refractivity contribution in [2.75, 3.05) is 0 Å².